The molecule has 0 radical (unpaired) electrons. The number of hydrogen-bond donors (Lipinski definition) is 2. The van der Waals surface area contributed by atoms with E-state index in [9.17, 15) is 4.79 Å². The van der Waals surface area contributed by atoms with Gasteiger partial charge in [0, 0.05) is 6.04 Å². The van der Waals surface area contributed by atoms with Crippen LogP contribution < -0.4 is 16.2 Å². The number of aryl methyl sites for hydroxylation is 1. The average Bonchev–Trinajstić information content (AvgIpc) is 2.35. The van der Waals surface area contributed by atoms with Crippen LogP contribution in [0.1, 0.15) is 43.4 Å². The first kappa shape index (κ1) is 12.9. The Morgan fingerprint density at radius 1 is 1.56 bits per heavy atom. The van der Waals surface area contributed by atoms with Gasteiger partial charge < -0.3 is 16.2 Å². The maximum absolute atomic E-state index is 11.2. The Bertz CT molecular complexity index is 445. The van der Waals surface area contributed by atoms with Crippen LogP contribution in [-0.4, -0.2) is 12.0 Å². The summed E-state index contributed by atoms with van der Waals surface area (Å²) < 4.78 is 5.61. The molecule has 1 aromatic rings. The van der Waals surface area contributed by atoms with Crippen LogP contribution in [0.3, 0.4) is 0 Å². The number of fused-ring (bicyclic) bond motifs is 1. The molecule has 0 saturated heterocycles. The number of primary amides is 1. The van der Waals surface area contributed by atoms with Gasteiger partial charge in [0.1, 0.15) is 5.75 Å². The lowest BCUT2D eigenvalue weighted by Gasteiger charge is -2.23. The van der Waals surface area contributed by atoms with Crippen LogP contribution in [0.25, 0.3) is 0 Å². The Morgan fingerprint density at radius 3 is 3.00 bits per heavy atom. The van der Waals surface area contributed by atoms with Crippen molar-refractivity contribution in [1.82, 2.24) is 0 Å². The first-order valence-electron chi connectivity index (χ1n) is 6.46. The van der Waals surface area contributed by atoms with Gasteiger partial charge in [0.05, 0.1) is 0 Å². The van der Waals surface area contributed by atoms with E-state index in [4.69, 9.17) is 16.2 Å². The summed E-state index contributed by atoms with van der Waals surface area (Å²) in [6.07, 6.45) is 3.18. The first-order valence-corrected chi connectivity index (χ1v) is 6.46. The molecule has 1 aromatic carbocycles. The molecule has 0 aromatic heterocycles. The molecule has 2 rings (SSSR count). The van der Waals surface area contributed by atoms with Gasteiger partial charge in [-0.3, -0.25) is 4.79 Å². The molecule has 0 saturated carbocycles. The maximum Gasteiger partial charge on any atom is 0.258 e. The van der Waals surface area contributed by atoms with Crippen molar-refractivity contribution in [2.45, 2.75) is 44.8 Å². The van der Waals surface area contributed by atoms with E-state index in [0.29, 0.717) is 12.2 Å². The van der Waals surface area contributed by atoms with Gasteiger partial charge >= 0.3 is 0 Å². The van der Waals surface area contributed by atoms with E-state index in [0.717, 1.165) is 19.3 Å². The third kappa shape index (κ3) is 2.64. The molecule has 1 aliphatic carbocycles. The molecule has 1 amide bonds. The highest BCUT2D eigenvalue weighted by atomic mass is 16.5. The van der Waals surface area contributed by atoms with Gasteiger partial charge in [-0.15, -0.1) is 0 Å². The minimum absolute atomic E-state index is 0.126. The van der Waals surface area contributed by atoms with Crippen LogP contribution in [0.2, 0.25) is 0 Å². The lowest BCUT2D eigenvalue weighted by molar-refractivity contribution is -0.124. The Hall–Kier alpha value is -1.55. The fraction of sp³-hybridized carbons (Fsp3) is 0.500. The van der Waals surface area contributed by atoms with Crippen LogP contribution in [0.15, 0.2) is 18.2 Å². The number of ether oxygens (including phenoxy) is 1. The van der Waals surface area contributed by atoms with Crippen LogP contribution in [0.4, 0.5) is 0 Å². The molecule has 0 bridgehead atoms. The van der Waals surface area contributed by atoms with Crippen LogP contribution in [-0.2, 0) is 11.2 Å². The van der Waals surface area contributed by atoms with Gasteiger partial charge in [-0.25, -0.2) is 0 Å². The van der Waals surface area contributed by atoms with E-state index in [-0.39, 0.29) is 6.04 Å². The zero-order valence-electron chi connectivity index (χ0n) is 10.7. The lowest BCUT2D eigenvalue weighted by Crippen LogP contribution is -2.33. The Morgan fingerprint density at radius 2 is 2.33 bits per heavy atom. The van der Waals surface area contributed by atoms with Crippen LogP contribution in [0.5, 0.6) is 5.75 Å². The van der Waals surface area contributed by atoms with Crippen LogP contribution in [0, 0.1) is 0 Å². The molecule has 4 heteroatoms. The van der Waals surface area contributed by atoms with E-state index < -0.39 is 12.0 Å². The Labute approximate surface area is 107 Å². The van der Waals surface area contributed by atoms with Gasteiger partial charge in [0.25, 0.3) is 5.91 Å². The number of benzene rings is 1. The maximum atomic E-state index is 11.2. The molecule has 4 N–H and O–H groups in total. The number of carbonyl (C=O) groups is 1. The summed E-state index contributed by atoms with van der Waals surface area (Å²) in [5.74, 6) is 0.278. The second-order valence-corrected chi connectivity index (χ2v) is 4.78. The third-order valence-electron chi connectivity index (χ3n) is 3.44. The summed E-state index contributed by atoms with van der Waals surface area (Å²) >= 11 is 0. The minimum atomic E-state index is -0.555. The van der Waals surface area contributed by atoms with Gasteiger partial charge in [0.15, 0.2) is 6.10 Å². The largest absolute Gasteiger partial charge is 0.481 e. The number of nitrogens with two attached hydrogens (primary N) is 2. The number of rotatable bonds is 4. The highest BCUT2D eigenvalue weighted by molar-refractivity contribution is 5.79. The van der Waals surface area contributed by atoms with E-state index in [1.807, 2.05) is 25.1 Å². The van der Waals surface area contributed by atoms with Crippen molar-refractivity contribution in [1.29, 1.82) is 0 Å². The highest BCUT2D eigenvalue weighted by Crippen LogP contribution is 2.30. The van der Waals surface area contributed by atoms with E-state index in [1.165, 1.54) is 11.1 Å². The van der Waals surface area contributed by atoms with Crippen molar-refractivity contribution in [3.63, 3.8) is 0 Å². The predicted octanol–water partition coefficient (Wildman–Crippen LogP) is 1.67. The average molecular weight is 248 g/mol. The Kier molecular flexibility index (Phi) is 3.87. The van der Waals surface area contributed by atoms with E-state index in [1.54, 1.807) is 0 Å². The van der Waals surface area contributed by atoms with Crippen molar-refractivity contribution in [3.05, 3.63) is 29.3 Å². The summed E-state index contributed by atoms with van der Waals surface area (Å²) in [5, 5.41) is 0. The van der Waals surface area contributed by atoms with Gasteiger partial charge in [-0.05, 0) is 48.9 Å². The number of hydrogen-bond acceptors (Lipinski definition) is 3. The lowest BCUT2D eigenvalue weighted by atomic mass is 9.88. The molecule has 0 fully saturated rings. The molecule has 0 aliphatic heterocycles. The molecule has 1 aliphatic rings. The fourth-order valence-corrected chi connectivity index (χ4v) is 2.41. The SMILES string of the molecule is CCC(Oc1ccc2c(c1)CCCC2N)C(N)=O. The molecule has 2 atom stereocenters. The van der Waals surface area contributed by atoms with Crippen molar-refractivity contribution < 1.29 is 9.53 Å². The molecule has 2 unspecified atom stereocenters. The monoisotopic (exact) mass is 248 g/mol. The van der Waals surface area contributed by atoms with E-state index >= 15 is 0 Å². The second kappa shape index (κ2) is 5.40. The number of carbonyl (C=O) groups excluding carboxylic acids is 1. The first-order chi connectivity index (χ1) is 8.61. The van der Waals surface area contributed by atoms with Crippen molar-refractivity contribution in [2.24, 2.45) is 11.5 Å². The summed E-state index contributed by atoms with van der Waals surface area (Å²) in [6.45, 7) is 1.88. The smallest absolute Gasteiger partial charge is 0.258 e. The Balaban J connectivity index is 2.18. The predicted molar refractivity (Wildman–Crippen MR) is 70.2 cm³/mol. The fourth-order valence-electron chi connectivity index (χ4n) is 2.41. The molecule has 18 heavy (non-hydrogen) atoms. The van der Waals surface area contributed by atoms with E-state index in [2.05, 4.69) is 0 Å². The molecule has 4 nitrogen and oxygen atoms in total. The number of amides is 1. The quantitative estimate of drug-likeness (QED) is 0.850. The van der Waals surface area contributed by atoms with Gasteiger partial charge in [0.2, 0.25) is 0 Å². The van der Waals surface area contributed by atoms with Crippen molar-refractivity contribution in [2.75, 3.05) is 0 Å². The molecular formula is C14H20N2O2. The van der Waals surface area contributed by atoms with Gasteiger partial charge in [-0.1, -0.05) is 13.0 Å². The highest BCUT2D eigenvalue weighted by Gasteiger charge is 2.19. The minimum Gasteiger partial charge on any atom is -0.481 e. The zero-order valence-corrected chi connectivity index (χ0v) is 10.7. The summed E-state index contributed by atoms with van der Waals surface area (Å²) in [5.41, 5.74) is 13.8. The van der Waals surface area contributed by atoms with Gasteiger partial charge in [-0.2, -0.15) is 0 Å². The molecule has 0 heterocycles. The zero-order chi connectivity index (χ0) is 13.1. The topological polar surface area (TPSA) is 78.3 Å². The standard InChI is InChI=1S/C14H20N2O2/c1-2-13(14(16)17)18-10-6-7-11-9(8-10)4-3-5-12(11)15/h6-8,12-13H,2-5,15H2,1H3,(H2,16,17). The summed E-state index contributed by atoms with van der Waals surface area (Å²) in [6, 6.07) is 5.98. The normalized spacial score (nSPS) is 20.0. The molecular weight excluding hydrogens is 228 g/mol. The summed E-state index contributed by atoms with van der Waals surface area (Å²) in [4.78, 5) is 11.2. The molecule has 98 valence electrons. The van der Waals surface area contributed by atoms with Crippen molar-refractivity contribution >= 4 is 5.91 Å². The summed E-state index contributed by atoms with van der Waals surface area (Å²) in [7, 11) is 0. The van der Waals surface area contributed by atoms with Crippen LogP contribution >= 0.6 is 0 Å². The molecule has 0 spiro atoms. The second-order valence-electron chi connectivity index (χ2n) is 4.78. The van der Waals surface area contributed by atoms with Crippen molar-refractivity contribution in [3.8, 4) is 5.75 Å². The third-order valence-corrected chi connectivity index (χ3v) is 3.44.